The van der Waals surface area contributed by atoms with Crippen molar-refractivity contribution in [2.75, 3.05) is 29.9 Å². The Kier molecular flexibility index (Phi) is 7.69. The van der Waals surface area contributed by atoms with Gasteiger partial charge in [0, 0.05) is 37.0 Å². The highest BCUT2D eigenvalue weighted by molar-refractivity contribution is 7.22. The number of hydrogen-bond donors (Lipinski definition) is 3. The molecule has 0 saturated carbocycles. The summed E-state index contributed by atoms with van der Waals surface area (Å²) >= 11 is 1.36. The molecule has 0 bridgehead atoms. The molecular formula is C28H29FN6O3S. The van der Waals surface area contributed by atoms with E-state index in [1.165, 1.54) is 23.5 Å². The molecule has 1 fully saturated rings. The first-order valence-electron chi connectivity index (χ1n) is 13.0. The minimum absolute atomic E-state index is 0.321. The quantitative estimate of drug-likeness (QED) is 0.276. The summed E-state index contributed by atoms with van der Waals surface area (Å²) in [6.07, 6.45) is 3.61. The second-order valence-corrected chi connectivity index (χ2v) is 10.4. The molecular weight excluding hydrogens is 519 g/mol. The van der Waals surface area contributed by atoms with Gasteiger partial charge in [-0.15, -0.1) is 0 Å². The van der Waals surface area contributed by atoms with Gasteiger partial charge in [-0.05, 0) is 61.6 Å². The van der Waals surface area contributed by atoms with E-state index in [2.05, 4.69) is 20.6 Å². The summed E-state index contributed by atoms with van der Waals surface area (Å²) in [5, 5.41) is 15.3. The molecule has 3 N–H and O–H groups in total. The zero-order valence-electron chi connectivity index (χ0n) is 21.7. The fourth-order valence-electron chi connectivity index (χ4n) is 4.78. The Morgan fingerprint density at radius 2 is 1.82 bits per heavy atom. The molecule has 1 aliphatic rings. The van der Waals surface area contributed by atoms with Crippen LogP contribution in [0, 0.1) is 11.7 Å². The number of piperidine rings is 1. The van der Waals surface area contributed by atoms with Gasteiger partial charge in [0.25, 0.3) is 0 Å². The van der Waals surface area contributed by atoms with Crippen LogP contribution in [0.4, 0.5) is 20.3 Å². The number of fused-ring (bicyclic) bond motifs is 1. The van der Waals surface area contributed by atoms with Crippen LogP contribution in [0.3, 0.4) is 0 Å². The van der Waals surface area contributed by atoms with Crippen LogP contribution in [0.15, 0.2) is 42.6 Å². The Balaban J connectivity index is 1.54. The predicted octanol–water partition coefficient (Wildman–Crippen LogP) is 5.56. The zero-order chi connectivity index (χ0) is 27.5. The number of carbonyl (C=O) groups is 2. The molecule has 0 aliphatic carbocycles. The van der Waals surface area contributed by atoms with Crippen molar-refractivity contribution in [3.63, 3.8) is 0 Å². The maximum atomic E-state index is 13.7. The average Bonchev–Trinajstić information content (AvgIpc) is 3.35. The van der Waals surface area contributed by atoms with Crippen molar-refractivity contribution in [3.05, 3.63) is 54.1 Å². The van der Waals surface area contributed by atoms with Crippen molar-refractivity contribution in [3.8, 4) is 22.3 Å². The van der Waals surface area contributed by atoms with Gasteiger partial charge in [-0.25, -0.2) is 24.1 Å². The summed E-state index contributed by atoms with van der Waals surface area (Å²) in [5.41, 5.74) is 4.98. The molecule has 0 unspecified atom stereocenters. The number of urea groups is 1. The summed E-state index contributed by atoms with van der Waals surface area (Å²) in [6.45, 7) is 5.56. The number of carboxylic acid groups (broad SMARTS) is 1. The maximum Gasteiger partial charge on any atom is 0.321 e. The minimum Gasteiger partial charge on any atom is -0.481 e. The Bertz CT molecular complexity index is 1520. The molecule has 2 amide bonds. The van der Waals surface area contributed by atoms with Gasteiger partial charge in [-0.2, -0.15) is 0 Å². The third-order valence-corrected chi connectivity index (χ3v) is 7.85. The Morgan fingerprint density at radius 3 is 2.49 bits per heavy atom. The predicted molar refractivity (Wildman–Crippen MR) is 151 cm³/mol. The highest BCUT2D eigenvalue weighted by Gasteiger charge is 2.26. The molecule has 11 heteroatoms. The maximum absolute atomic E-state index is 13.7. The molecule has 0 atom stereocenters. The normalized spacial score (nSPS) is 14.0. The summed E-state index contributed by atoms with van der Waals surface area (Å²) in [7, 11) is 0. The fraction of sp³-hybridized carbons (Fsp3) is 0.321. The Labute approximate surface area is 229 Å². The first kappa shape index (κ1) is 26.5. The number of aromatic nitrogens is 3. The van der Waals surface area contributed by atoms with E-state index in [0.29, 0.717) is 55.5 Å². The van der Waals surface area contributed by atoms with Crippen molar-refractivity contribution in [1.29, 1.82) is 0 Å². The molecule has 0 radical (unpaired) electrons. The molecule has 2 aromatic heterocycles. The van der Waals surface area contributed by atoms with Crippen LogP contribution in [-0.4, -0.2) is 51.7 Å². The van der Waals surface area contributed by atoms with E-state index in [9.17, 15) is 19.1 Å². The first-order chi connectivity index (χ1) is 18.9. The minimum atomic E-state index is -0.751. The number of halogens is 1. The number of benzene rings is 2. The number of aryl methyl sites for hydroxylation is 1. The molecule has 2 aromatic carbocycles. The topological polar surface area (TPSA) is 120 Å². The van der Waals surface area contributed by atoms with E-state index < -0.39 is 5.97 Å². The highest BCUT2D eigenvalue weighted by atomic mass is 32.1. The average molecular weight is 549 g/mol. The van der Waals surface area contributed by atoms with Crippen LogP contribution in [0.5, 0.6) is 0 Å². The summed E-state index contributed by atoms with van der Waals surface area (Å²) in [6, 6.07) is 9.95. The van der Waals surface area contributed by atoms with Crippen molar-refractivity contribution in [2.45, 2.75) is 33.1 Å². The number of carboxylic acids is 1. The van der Waals surface area contributed by atoms with Gasteiger partial charge in [0.2, 0.25) is 5.95 Å². The first-order valence-corrected chi connectivity index (χ1v) is 13.8. The fourth-order valence-corrected chi connectivity index (χ4v) is 5.76. The molecule has 4 aromatic rings. The smallest absolute Gasteiger partial charge is 0.321 e. The molecule has 0 spiro atoms. The lowest BCUT2D eigenvalue weighted by Gasteiger charge is -2.30. The third-order valence-electron chi connectivity index (χ3n) is 6.83. The molecule has 202 valence electrons. The Hall–Kier alpha value is -4.12. The van der Waals surface area contributed by atoms with Crippen LogP contribution >= 0.6 is 11.3 Å². The molecule has 5 rings (SSSR count). The van der Waals surface area contributed by atoms with Gasteiger partial charge in [0.15, 0.2) is 5.13 Å². The van der Waals surface area contributed by atoms with Crippen molar-refractivity contribution < 1.29 is 19.1 Å². The largest absolute Gasteiger partial charge is 0.481 e. The SMILES string of the molecule is CCNC(=O)Nc1nc2cc(-c3cnc(N4CCC(C(=O)O)CC4)nc3CC)cc(-c3ccc(F)cc3)c2s1. The van der Waals surface area contributed by atoms with Crippen molar-refractivity contribution in [1.82, 2.24) is 20.3 Å². The lowest BCUT2D eigenvalue weighted by Crippen LogP contribution is -2.37. The van der Waals surface area contributed by atoms with Crippen LogP contribution < -0.4 is 15.5 Å². The van der Waals surface area contributed by atoms with Gasteiger partial charge in [-0.1, -0.05) is 30.4 Å². The Morgan fingerprint density at radius 1 is 1.08 bits per heavy atom. The van der Waals surface area contributed by atoms with E-state index in [0.717, 1.165) is 32.6 Å². The van der Waals surface area contributed by atoms with E-state index in [1.807, 2.05) is 30.9 Å². The zero-order valence-corrected chi connectivity index (χ0v) is 22.5. The number of amides is 2. The molecule has 3 heterocycles. The van der Waals surface area contributed by atoms with E-state index in [4.69, 9.17) is 4.98 Å². The molecule has 1 aliphatic heterocycles. The van der Waals surface area contributed by atoms with Gasteiger partial charge >= 0.3 is 12.0 Å². The number of aliphatic carboxylic acids is 1. The molecule has 39 heavy (non-hydrogen) atoms. The van der Waals surface area contributed by atoms with Crippen molar-refractivity contribution >= 4 is 44.6 Å². The second-order valence-electron chi connectivity index (χ2n) is 9.37. The second kappa shape index (κ2) is 11.3. The van der Waals surface area contributed by atoms with Crippen LogP contribution in [0.2, 0.25) is 0 Å². The number of nitrogens with zero attached hydrogens (tertiary/aromatic N) is 4. The lowest BCUT2D eigenvalue weighted by atomic mass is 9.97. The standard InChI is InChI=1S/C28H29FN6O3S/c1-3-22-21(15-31-26(32-22)35-11-9-17(10-12-35)25(36)37)18-13-20(16-5-7-19(29)8-6-16)24-23(14-18)33-28(39-24)34-27(38)30-4-2/h5-8,13-15,17H,3-4,9-12H2,1-2H3,(H,36,37)(H2,30,33,34,38). The number of carbonyl (C=O) groups excluding carboxylic acids is 1. The van der Waals surface area contributed by atoms with Crippen LogP contribution in [-0.2, 0) is 11.2 Å². The number of nitrogens with one attached hydrogen (secondary N) is 2. The van der Waals surface area contributed by atoms with E-state index in [1.54, 1.807) is 18.3 Å². The van der Waals surface area contributed by atoms with Gasteiger partial charge < -0.3 is 15.3 Å². The summed E-state index contributed by atoms with van der Waals surface area (Å²) in [4.78, 5) is 39.7. The number of thiazole rings is 1. The van der Waals surface area contributed by atoms with Crippen LogP contribution in [0.25, 0.3) is 32.5 Å². The van der Waals surface area contributed by atoms with Gasteiger partial charge in [0.1, 0.15) is 5.82 Å². The van der Waals surface area contributed by atoms with E-state index >= 15 is 0 Å². The monoisotopic (exact) mass is 548 g/mol. The van der Waals surface area contributed by atoms with Crippen molar-refractivity contribution in [2.24, 2.45) is 5.92 Å². The van der Waals surface area contributed by atoms with Crippen LogP contribution in [0.1, 0.15) is 32.4 Å². The molecule has 1 saturated heterocycles. The summed E-state index contributed by atoms with van der Waals surface area (Å²) in [5.74, 6) is -0.799. The third kappa shape index (κ3) is 5.68. The van der Waals surface area contributed by atoms with Gasteiger partial charge in [-0.3, -0.25) is 10.1 Å². The van der Waals surface area contributed by atoms with Gasteiger partial charge in [0.05, 0.1) is 21.8 Å². The van der Waals surface area contributed by atoms with E-state index in [-0.39, 0.29) is 17.8 Å². The molecule has 9 nitrogen and oxygen atoms in total. The highest BCUT2D eigenvalue weighted by Crippen LogP contribution is 2.39. The number of rotatable bonds is 7. The number of anilines is 2. The summed E-state index contributed by atoms with van der Waals surface area (Å²) < 4.78 is 14.6. The lowest BCUT2D eigenvalue weighted by molar-refractivity contribution is -0.142. The number of hydrogen-bond acceptors (Lipinski definition) is 7.